The summed E-state index contributed by atoms with van der Waals surface area (Å²) in [5.41, 5.74) is 9.79. The molecule has 3 nitrogen and oxygen atoms in total. The van der Waals surface area contributed by atoms with E-state index < -0.39 is 0 Å². The van der Waals surface area contributed by atoms with Crippen LogP contribution in [0.2, 0.25) is 0 Å². The average Bonchev–Trinajstić information content (AvgIpc) is 2.90. The van der Waals surface area contributed by atoms with Gasteiger partial charge in [0.2, 0.25) is 0 Å². The molecule has 1 unspecified atom stereocenters. The molecule has 0 aliphatic heterocycles. The van der Waals surface area contributed by atoms with E-state index in [4.69, 9.17) is 15.5 Å². The van der Waals surface area contributed by atoms with Crippen molar-refractivity contribution in [2.24, 2.45) is 5.73 Å². The van der Waals surface area contributed by atoms with E-state index in [2.05, 4.69) is 19.1 Å². The van der Waals surface area contributed by atoms with Crippen molar-refractivity contribution in [2.75, 3.05) is 7.11 Å². The number of nitrogens with two attached hydrogens (primary N) is 1. The molecule has 19 heavy (non-hydrogen) atoms. The van der Waals surface area contributed by atoms with E-state index in [1.807, 2.05) is 6.07 Å². The normalized spacial score (nSPS) is 14.7. The van der Waals surface area contributed by atoms with Gasteiger partial charge in [-0.1, -0.05) is 13.0 Å². The van der Waals surface area contributed by atoms with Crippen molar-refractivity contribution in [3.63, 3.8) is 0 Å². The number of methoxy groups -OCH3 is 1. The molecule has 1 aliphatic rings. The lowest BCUT2D eigenvalue weighted by Gasteiger charge is -2.15. The lowest BCUT2D eigenvalue weighted by atomic mass is 9.93. The summed E-state index contributed by atoms with van der Waals surface area (Å²) in [6.07, 6.45) is 3.08. The van der Waals surface area contributed by atoms with E-state index in [1.165, 1.54) is 16.0 Å². The fourth-order valence-corrected chi connectivity index (χ4v) is 3.62. The number of benzene rings is 1. The van der Waals surface area contributed by atoms with Crippen LogP contribution in [-0.2, 0) is 12.8 Å². The van der Waals surface area contributed by atoms with E-state index in [-0.39, 0.29) is 6.04 Å². The van der Waals surface area contributed by atoms with Gasteiger partial charge < -0.3 is 10.5 Å². The minimum absolute atomic E-state index is 0.0599. The van der Waals surface area contributed by atoms with Gasteiger partial charge in [0.1, 0.15) is 10.8 Å². The van der Waals surface area contributed by atoms with Crippen molar-refractivity contribution in [3.05, 3.63) is 33.6 Å². The number of hydrogen-bond acceptors (Lipinski definition) is 4. The van der Waals surface area contributed by atoms with E-state index in [0.717, 1.165) is 35.7 Å². The van der Waals surface area contributed by atoms with Crippen LogP contribution in [0.1, 0.15) is 34.8 Å². The van der Waals surface area contributed by atoms with Crippen molar-refractivity contribution < 1.29 is 4.74 Å². The van der Waals surface area contributed by atoms with Crippen LogP contribution >= 0.6 is 11.3 Å². The summed E-state index contributed by atoms with van der Waals surface area (Å²) < 4.78 is 5.32. The van der Waals surface area contributed by atoms with Gasteiger partial charge in [-0.15, -0.1) is 11.3 Å². The number of aromatic nitrogens is 1. The summed E-state index contributed by atoms with van der Waals surface area (Å²) in [5.74, 6) is 0.890. The van der Waals surface area contributed by atoms with Crippen LogP contribution in [0.25, 0.3) is 11.3 Å². The highest BCUT2D eigenvalue weighted by Gasteiger charge is 2.22. The van der Waals surface area contributed by atoms with Crippen LogP contribution in [0.15, 0.2) is 18.2 Å². The fourth-order valence-electron chi connectivity index (χ4n) is 2.45. The summed E-state index contributed by atoms with van der Waals surface area (Å²) in [5, 5.41) is 1.06. The Morgan fingerprint density at radius 1 is 1.42 bits per heavy atom. The number of aryl methyl sites for hydroxylation is 2. The molecule has 1 aliphatic carbocycles. The molecule has 1 heterocycles. The largest absolute Gasteiger partial charge is 0.497 e. The zero-order chi connectivity index (χ0) is 13.4. The second-order valence-electron chi connectivity index (χ2n) is 4.86. The van der Waals surface area contributed by atoms with Crippen LogP contribution < -0.4 is 10.5 Å². The van der Waals surface area contributed by atoms with Gasteiger partial charge >= 0.3 is 0 Å². The first-order chi connectivity index (χ1) is 9.22. The van der Waals surface area contributed by atoms with Crippen molar-refractivity contribution >= 4 is 11.3 Å². The van der Waals surface area contributed by atoms with E-state index in [9.17, 15) is 0 Å². The Morgan fingerprint density at radius 3 is 3.00 bits per heavy atom. The maximum Gasteiger partial charge on any atom is 0.119 e. The Morgan fingerprint density at radius 2 is 2.26 bits per heavy atom. The lowest BCUT2D eigenvalue weighted by Crippen LogP contribution is -2.08. The summed E-state index contributed by atoms with van der Waals surface area (Å²) in [6, 6.07) is 6.32. The topological polar surface area (TPSA) is 48.1 Å². The first-order valence-electron chi connectivity index (χ1n) is 6.65. The predicted molar refractivity (Wildman–Crippen MR) is 78.7 cm³/mol. The van der Waals surface area contributed by atoms with Crippen LogP contribution in [0.4, 0.5) is 0 Å². The molecule has 100 valence electrons. The van der Waals surface area contributed by atoms with Gasteiger partial charge in [-0.2, -0.15) is 0 Å². The minimum Gasteiger partial charge on any atom is -0.497 e. The number of hydrogen-bond donors (Lipinski definition) is 1. The molecule has 1 atom stereocenters. The van der Waals surface area contributed by atoms with Gasteiger partial charge in [0, 0.05) is 10.4 Å². The van der Waals surface area contributed by atoms with E-state index in [1.54, 1.807) is 18.4 Å². The third-order valence-corrected chi connectivity index (χ3v) is 4.91. The standard InChI is InChI=1S/C15H18N2OS/c1-3-12(16)15-17-14-11-8-10(18-2)6-4-9(11)5-7-13(14)19-15/h4,6,8,12H,3,5,7,16H2,1-2H3. The van der Waals surface area contributed by atoms with Crippen molar-refractivity contribution in [2.45, 2.75) is 32.2 Å². The van der Waals surface area contributed by atoms with Gasteiger partial charge in [-0.25, -0.2) is 4.98 Å². The zero-order valence-electron chi connectivity index (χ0n) is 11.3. The van der Waals surface area contributed by atoms with E-state index >= 15 is 0 Å². The number of fused-ring (bicyclic) bond motifs is 3. The number of ether oxygens (including phenoxy) is 1. The molecule has 0 saturated carbocycles. The van der Waals surface area contributed by atoms with Crippen LogP contribution in [0.3, 0.4) is 0 Å². The third kappa shape index (κ3) is 2.15. The molecular formula is C15H18N2OS. The molecule has 1 aromatic carbocycles. The first kappa shape index (κ1) is 12.6. The van der Waals surface area contributed by atoms with E-state index in [0.29, 0.717) is 0 Å². The maximum atomic E-state index is 6.11. The Kier molecular flexibility index (Phi) is 3.29. The molecule has 2 N–H and O–H groups in total. The second kappa shape index (κ2) is 4.94. The summed E-state index contributed by atoms with van der Waals surface area (Å²) >= 11 is 1.77. The Balaban J connectivity index is 2.09. The highest BCUT2D eigenvalue weighted by atomic mass is 32.1. The maximum absolute atomic E-state index is 6.11. The number of rotatable bonds is 3. The second-order valence-corrected chi connectivity index (χ2v) is 5.98. The Bertz CT molecular complexity index is 606. The highest BCUT2D eigenvalue weighted by Crippen LogP contribution is 2.39. The molecule has 0 saturated heterocycles. The van der Waals surface area contributed by atoms with Crippen LogP contribution in [-0.4, -0.2) is 12.1 Å². The van der Waals surface area contributed by atoms with Gasteiger partial charge in [-0.05, 0) is 37.0 Å². The van der Waals surface area contributed by atoms with Gasteiger partial charge in [-0.3, -0.25) is 0 Å². The predicted octanol–water partition coefficient (Wildman–Crippen LogP) is 3.33. The highest BCUT2D eigenvalue weighted by molar-refractivity contribution is 7.12. The number of thiazole rings is 1. The zero-order valence-corrected chi connectivity index (χ0v) is 12.1. The molecule has 0 radical (unpaired) electrons. The molecule has 0 fully saturated rings. The molecule has 0 spiro atoms. The quantitative estimate of drug-likeness (QED) is 0.934. The van der Waals surface area contributed by atoms with Crippen molar-refractivity contribution in [1.29, 1.82) is 0 Å². The summed E-state index contributed by atoms with van der Waals surface area (Å²) in [7, 11) is 1.70. The molecule has 2 aromatic rings. The van der Waals surface area contributed by atoms with Crippen molar-refractivity contribution in [3.8, 4) is 17.0 Å². The smallest absolute Gasteiger partial charge is 0.119 e. The monoisotopic (exact) mass is 274 g/mol. The molecule has 3 rings (SSSR count). The van der Waals surface area contributed by atoms with Crippen LogP contribution in [0, 0.1) is 0 Å². The SMILES string of the molecule is CCC(N)c1nc2c(s1)CCc1ccc(OC)cc1-2. The molecule has 1 aromatic heterocycles. The molecular weight excluding hydrogens is 256 g/mol. The first-order valence-corrected chi connectivity index (χ1v) is 7.47. The third-order valence-electron chi connectivity index (χ3n) is 3.66. The molecule has 4 heteroatoms. The Hall–Kier alpha value is -1.39. The fraction of sp³-hybridized carbons (Fsp3) is 0.400. The van der Waals surface area contributed by atoms with Gasteiger partial charge in [0.05, 0.1) is 18.8 Å². The van der Waals surface area contributed by atoms with Gasteiger partial charge in [0.25, 0.3) is 0 Å². The lowest BCUT2D eigenvalue weighted by molar-refractivity contribution is 0.415. The Labute approximate surface area is 117 Å². The summed E-state index contributed by atoms with van der Waals surface area (Å²) in [4.78, 5) is 6.14. The van der Waals surface area contributed by atoms with Gasteiger partial charge in [0.15, 0.2) is 0 Å². The van der Waals surface area contributed by atoms with Crippen LogP contribution in [0.5, 0.6) is 5.75 Å². The molecule has 0 bridgehead atoms. The minimum atomic E-state index is 0.0599. The summed E-state index contributed by atoms with van der Waals surface area (Å²) in [6.45, 7) is 2.10. The average molecular weight is 274 g/mol. The van der Waals surface area contributed by atoms with Crippen molar-refractivity contribution in [1.82, 2.24) is 4.98 Å². The number of nitrogens with zero attached hydrogens (tertiary/aromatic N) is 1. The molecule has 0 amide bonds.